The van der Waals surface area contributed by atoms with Crippen LogP contribution in [0.3, 0.4) is 0 Å². The fourth-order valence-corrected chi connectivity index (χ4v) is 2.37. The third-order valence-corrected chi connectivity index (χ3v) is 3.53. The van der Waals surface area contributed by atoms with Crippen molar-refractivity contribution in [2.24, 2.45) is 11.8 Å². The summed E-state index contributed by atoms with van der Waals surface area (Å²) in [6, 6.07) is 0. The lowest BCUT2D eigenvalue weighted by Crippen LogP contribution is -2.41. The Morgan fingerprint density at radius 2 is 1.62 bits per heavy atom. The van der Waals surface area contributed by atoms with E-state index in [1.807, 2.05) is 0 Å². The van der Waals surface area contributed by atoms with Crippen LogP contribution in [0.4, 0.5) is 0 Å². The van der Waals surface area contributed by atoms with Crippen molar-refractivity contribution in [3.8, 4) is 0 Å². The van der Waals surface area contributed by atoms with Crippen molar-refractivity contribution in [2.45, 2.75) is 58.9 Å². The van der Waals surface area contributed by atoms with Gasteiger partial charge in [0, 0.05) is 18.6 Å². The van der Waals surface area contributed by atoms with Gasteiger partial charge in [0.2, 0.25) is 0 Å². The largest absolute Gasteiger partial charge is 0.315 e. The predicted molar refractivity (Wildman–Crippen MR) is 71.7 cm³/mol. The van der Waals surface area contributed by atoms with Crippen LogP contribution in [0, 0.1) is 11.8 Å². The lowest BCUT2D eigenvalue weighted by Gasteiger charge is -2.26. The van der Waals surface area contributed by atoms with Gasteiger partial charge in [0.25, 0.3) is 0 Å². The molecule has 2 nitrogen and oxygen atoms in total. The average molecular weight is 226 g/mol. The highest BCUT2D eigenvalue weighted by atomic mass is 15.0. The summed E-state index contributed by atoms with van der Waals surface area (Å²) in [4.78, 5) is 0. The first-order valence-corrected chi connectivity index (χ1v) is 6.93. The van der Waals surface area contributed by atoms with Crippen LogP contribution in [-0.2, 0) is 0 Å². The van der Waals surface area contributed by atoms with Crippen LogP contribution >= 0.6 is 0 Å². The van der Waals surface area contributed by atoms with Crippen molar-refractivity contribution in [3.05, 3.63) is 0 Å². The molecule has 96 valence electrons. The van der Waals surface area contributed by atoms with E-state index in [1.54, 1.807) is 0 Å². The van der Waals surface area contributed by atoms with E-state index < -0.39 is 0 Å². The molecule has 0 aromatic rings. The van der Waals surface area contributed by atoms with Gasteiger partial charge in [0.15, 0.2) is 0 Å². The lowest BCUT2D eigenvalue weighted by atomic mass is 9.83. The molecule has 0 radical (unpaired) electrons. The molecule has 2 heteroatoms. The van der Waals surface area contributed by atoms with Crippen molar-refractivity contribution in [1.82, 2.24) is 10.6 Å². The topological polar surface area (TPSA) is 24.1 Å². The van der Waals surface area contributed by atoms with Crippen LogP contribution < -0.4 is 10.6 Å². The third-order valence-electron chi connectivity index (χ3n) is 3.53. The molecule has 1 aliphatic carbocycles. The molecule has 1 fully saturated rings. The number of rotatable bonds is 5. The monoisotopic (exact) mass is 226 g/mol. The van der Waals surface area contributed by atoms with Crippen LogP contribution in [0.5, 0.6) is 0 Å². The Balaban J connectivity index is 1.95. The molecule has 0 bridgehead atoms. The zero-order valence-electron chi connectivity index (χ0n) is 11.6. The Labute approximate surface area is 102 Å². The fourth-order valence-electron chi connectivity index (χ4n) is 2.37. The zero-order chi connectivity index (χ0) is 12.0. The molecular weight excluding hydrogens is 196 g/mol. The standard InChI is InChI=1S/C14H30N2/c1-12-5-7-13(8-6-12)11-15-9-10-16-14(2,3)4/h12-13,15-16H,5-11H2,1-4H3. The molecule has 0 aromatic heterocycles. The van der Waals surface area contributed by atoms with E-state index in [2.05, 4.69) is 38.3 Å². The predicted octanol–water partition coefficient (Wildman–Crippen LogP) is 2.79. The van der Waals surface area contributed by atoms with Crippen molar-refractivity contribution in [3.63, 3.8) is 0 Å². The highest BCUT2D eigenvalue weighted by molar-refractivity contribution is 4.73. The first-order valence-electron chi connectivity index (χ1n) is 6.93. The minimum atomic E-state index is 0.252. The molecule has 2 N–H and O–H groups in total. The maximum atomic E-state index is 3.58. The van der Waals surface area contributed by atoms with Crippen molar-refractivity contribution >= 4 is 0 Å². The van der Waals surface area contributed by atoms with Gasteiger partial charge in [-0.25, -0.2) is 0 Å². The minimum Gasteiger partial charge on any atom is -0.315 e. The van der Waals surface area contributed by atoms with E-state index in [9.17, 15) is 0 Å². The quantitative estimate of drug-likeness (QED) is 0.704. The van der Waals surface area contributed by atoms with Gasteiger partial charge in [-0.15, -0.1) is 0 Å². The van der Waals surface area contributed by atoms with Gasteiger partial charge < -0.3 is 10.6 Å². The second-order valence-electron chi connectivity index (χ2n) is 6.51. The smallest absolute Gasteiger partial charge is 0.00970 e. The summed E-state index contributed by atoms with van der Waals surface area (Å²) in [5, 5.41) is 7.08. The van der Waals surface area contributed by atoms with E-state index in [1.165, 1.54) is 32.2 Å². The first kappa shape index (κ1) is 14.0. The molecule has 0 saturated heterocycles. The van der Waals surface area contributed by atoms with Gasteiger partial charge in [-0.05, 0) is 52.0 Å². The number of hydrogen-bond donors (Lipinski definition) is 2. The summed E-state index contributed by atoms with van der Waals surface area (Å²) in [6.07, 6.45) is 5.74. The van der Waals surface area contributed by atoms with Gasteiger partial charge in [0.05, 0.1) is 0 Å². The van der Waals surface area contributed by atoms with Gasteiger partial charge in [0.1, 0.15) is 0 Å². The first-order chi connectivity index (χ1) is 7.47. The van der Waals surface area contributed by atoms with Crippen LogP contribution in [-0.4, -0.2) is 25.2 Å². The van der Waals surface area contributed by atoms with Crippen LogP contribution in [0.15, 0.2) is 0 Å². The second-order valence-corrected chi connectivity index (χ2v) is 6.51. The molecule has 0 aromatic carbocycles. The normalized spacial score (nSPS) is 27.0. The maximum absolute atomic E-state index is 3.58. The summed E-state index contributed by atoms with van der Waals surface area (Å²) < 4.78 is 0. The van der Waals surface area contributed by atoms with Gasteiger partial charge in [-0.1, -0.05) is 19.8 Å². The maximum Gasteiger partial charge on any atom is 0.00970 e. The average Bonchev–Trinajstić information content (AvgIpc) is 2.19. The minimum absolute atomic E-state index is 0.252. The molecular formula is C14H30N2. The molecule has 1 rings (SSSR count). The molecule has 0 spiro atoms. The summed E-state index contributed by atoms with van der Waals surface area (Å²) in [6.45, 7) is 12.4. The Morgan fingerprint density at radius 3 is 2.19 bits per heavy atom. The zero-order valence-corrected chi connectivity index (χ0v) is 11.6. The van der Waals surface area contributed by atoms with Crippen molar-refractivity contribution in [2.75, 3.05) is 19.6 Å². The SMILES string of the molecule is CC1CCC(CNCCNC(C)(C)C)CC1. The molecule has 16 heavy (non-hydrogen) atoms. The molecule has 0 unspecified atom stereocenters. The van der Waals surface area contributed by atoms with Gasteiger partial charge in [-0.2, -0.15) is 0 Å². The Bertz CT molecular complexity index is 176. The highest BCUT2D eigenvalue weighted by Crippen LogP contribution is 2.27. The molecule has 0 heterocycles. The van der Waals surface area contributed by atoms with Crippen molar-refractivity contribution in [1.29, 1.82) is 0 Å². The molecule has 0 amide bonds. The summed E-state index contributed by atoms with van der Waals surface area (Å²) in [7, 11) is 0. The van der Waals surface area contributed by atoms with Crippen LogP contribution in [0.1, 0.15) is 53.4 Å². The lowest BCUT2D eigenvalue weighted by molar-refractivity contribution is 0.281. The molecule has 0 atom stereocenters. The summed E-state index contributed by atoms with van der Waals surface area (Å²) >= 11 is 0. The Hall–Kier alpha value is -0.0800. The molecule has 1 aliphatic rings. The number of nitrogens with one attached hydrogen (secondary N) is 2. The second kappa shape index (κ2) is 6.61. The van der Waals surface area contributed by atoms with Gasteiger partial charge >= 0.3 is 0 Å². The van der Waals surface area contributed by atoms with E-state index in [0.29, 0.717) is 0 Å². The Morgan fingerprint density at radius 1 is 1.00 bits per heavy atom. The van der Waals surface area contributed by atoms with E-state index in [-0.39, 0.29) is 5.54 Å². The van der Waals surface area contributed by atoms with E-state index in [4.69, 9.17) is 0 Å². The van der Waals surface area contributed by atoms with E-state index in [0.717, 1.165) is 24.9 Å². The van der Waals surface area contributed by atoms with Crippen LogP contribution in [0.2, 0.25) is 0 Å². The molecule has 1 saturated carbocycles. The summed E-state index contributed by atoms with van der Waals surface area (Å²) in [5.41, 5.74) is 0.252. The van der Waals surface area contributed by atoms with E-state index >= 15 is 0 Å². The van der Waals surface area contributed by atoms with Crippen molar-refractivity contribution < 1.29 is 0 Å². The fraction of sp³-hybridized carbons (Fsp3) is 1.00. The highest BCUT2D eigenvalue weighted by Gasteiger charge is 2.17. The number of hydrogen-bond acceptors (Lipinski definition) is 2. The van der Waals surface area contributed by atoms with Crippen LogP contribution in [0.25, 0.3) is 0 Å². The third kappa shape index (κ3) is 6.49. The molecule has 0 aliphatic heterocycles. The van der Waals surface area contributed by atoms with Gasteiger partial charge in [-0.3, -0.25) is 0 Å². The summed E-state index contributed by atoms with van der Waals surface area (Å²) in [5.74, 6) is 1.91. The Kier molecular flexibility index (Phi) is 5.77.